The third-order valence-corrected chi connectivity index (χ3v) is 5.65. The summed E-state index contributed by atoms with van der Waals surface area (Å²) in [6, 6.07) is 10.8. The fourth-order valence-corrected chi connectivity index (χ4v) is 3.56. The first-order valence-corrected chi connectivity index (χ1v) is 10.9. The zero-order valence-corrected chi connectivity index (χ0v) is 19.5. The molecule has 174 valence electrons. The van der Waals surface area contributed by atoms with Crippen LogP contribution in [0.25, 0.3) is 12.2 Å². The monoisotopic (exact) mass is 450 g/mol. The lowest BCUT2D eigenvalue weighted by Gasteiger charge is -2.11. The summed E-state index contributed by atoms with van der Waals surface area (Å²) >= 11 is 0. The summed E-state index contributed by atoms with van der Waals surface area (Å²) in [6.45, 7) is 0. The Labute approximate surface area is 194 Å². The Morgan fingerprint density at radius 3 is 1.55 bits per heavy atom. The van der Waals surface area contributed by atoms with E-state index in [0.717, 1.165) is 24.0 Å². The molecule has 0 heterocycles. The van der Waals surface area contributed by atoms with E-state index in [1.807, 2.05) is 12.1 Å². The highest BCUT2D eigenvalue weighted by atomic mass is 16.5. The summed E-state index contributed by atoms with van der Waals surface area (Å²) in [5.74, 6) is 1.74. The van der Waals surface area contributed by atoms with Gasteiger partial charge in [-0.25, -0.2) is 0 Å². The van der Waals surface area contributed by atoms with Gasteiger partial charge in [-0.3, -0.25) is 9.59 Å². The number of rotatable bonds is 12. The summed E-state index contributed by atoms with van der Waals surface area (Å²) in [7, 11) is 6.26. The molecule has 0 spiro atoms. The number of carbonyl (C=O) groups excluding carboxylic acids is 2. The van der Waals surface area contributed by atoms with E-state index >= 15 is 0 Å². The second-order valence-corrected chi connectivity index (χ2v) is 7.93. The summed E-state index contributed by atoms with van der Waals surface area (Å²) in [6.07, 6.45) is 9.08. The third-order valence-electron chi connectivity index (χ3n) is 5.65. The smallest absolute Gasteiger partial charge is 0.166 e. The largest absolute Gasteiger partial charge is 0.493 e. The Kier molecular flexibility index (Phi) is 8.30. The number of allylic oxidation sites excluding steroid dienone is 2. The topological polar surface area (TPSA) is 71.1 Å². The van der Waals surface area contributed by atoms with Crippen molar-refractivity contribution in [2.75, 3.05) is 28.4 Å². The van der Waals surface area contributed by atoms with E-state index in [4.69, 9.17) is 18.9 Å². The van der Waals surface area contributed by atoms with Crippen molar-refractivity contribution in [2.24, 2.45) is 11.8 Å². The molecule has 6 heteroatoms. The third kappa shape index (κ3) is 6.48. The van der Waals surface area contributed by atoms with Crippen LogP contribution in [0, 0.1) is 11.8 Å². The van der Waals surface area contributed by atoms with Gasteiger partial charge in [-0.15, -0.1) is 0 Å². The zero-order chi connectivity index (χ0) is 23.8. The zero-order valence-electron chi connectivity index (χ0n) is 19.5. The van der Waals surface area contributed by atoms with E-state index in [0.29, 0.717) is 35.3 Å². The lowest BCUT2D eigenvalue weighted by atomic mass is 9.91. The Morgan fingerprint density at radius 2 is 1.18 bits per heavy atom. The van der Waals surface area contributed by atoms with Crippen LogP contribution in [-0.2, 0) is 9.59 Å². The minimum Gasteiger partial charge on any atom is -0.493 e. The lowest BCUT2D eigenvalue weighted by Crippen LogP contribution is -2.21. The van der Waals surface area contributed by atoms with Gasteiger partial charge in [0.2, 0.25) is 0 Å². The molecule has 1 aliphatic carbocycles. The normalized spacial score (nSPS) is 13.5. The van der Waals surface area contributed by atoms with E-state index in [-0.39, 0.29) is 11.6 Å². The quantitative estimate of drug-likeness (QED) is 0.335. The van der Waals surface area contributed by atoms with Crippen molar-refractivity contribution >= 4 is 23.7 Å². The molecule has 33 heavy (non-hydrogen) atoms. The Bertz CT molecular complexity index is 971. The number of benzene rings is 2. The van der Waals surface area contributed by atoms with Crippen LogP contribution in [0.3, 0.4) is 0 Å². The number of methoxy groups -OCH3 is 4. The van der Waals surface area contributed by atoms with E-state index in [2.05, 4.69) is 0 Å². The van der Waals surface area contributed by atoms with Gasteiger partial charge in [0, 0.05) is 0 Å². The molecule has 3 rings (SSSR count). The minimum atomic E-state index is -0.690. The van der Waals surface area contributed by atoms with E-state index in [1.165, 1.54) is 12.2 Å². The van der Waals surface area contributed by atoms with Crippen LogP contribution >= 0.6 is 0 Å². The van der Waals surface area contributed by atoms with Gasteiger partial charge in [0.25, 0.3) is 0 Å². The molecule has 0 radical (unpaired) electrons. The Balaban J connectivity index is 1.74. The molecule has 0 amide bonds. The molecule has 1 aliphatic rings. The molecular formula is C27H30O6. The van der Waals surface area contributed by atoms with Crippen LogP contribution in [0.5, 0.6) is 23.0 Å². The second kappa shape index (κ2) is 11.4. The molecule has 0 aromatic heterocycles. The molecule has 0 unspecified atom stereocenters. The highest BCUT2D eigenvalue weighted by Gasteiger charge is 2.31. The molecule has 1 saturated carbocycles. The number of carbonyl (C=O) groups is 2. The maximum absolute atomic E-state index is 13.0. The molecule has 0 bridgehead atoms. The first kappa shape index (κ1) is 24.1. The number of ether oxygens (including phenoxy) is 4. The van der Waals surface area contributed by atoms with E-state index in [9.17, 15) is 9.59 Å². The summed E-state index contributed by atoms with van der Waals surface area (Å²) in [5, 5.41) is 0. The summed E-state index contributed by atoms with van der Waals surface area (Å²) in [4.78, 5) is 25.9. The molecule has 6 nitrogen and oxygen atoms in total. The Hall–Kier alpha value is -3.54. The van der Waals surface area contributed by atoms with Crippen molar-refractivity contribution in [1.82, 2.24) is 0 Å². The van der Waals surface area contributed by atoms with Crippen molar-refractivity contribution < 1.29 is 28.5 Å². The van der Waals surface area contributed by atoms with Gasteiger partial charge in [0.05, 0.1) is 34.4 Å². The number of ketones is 2. The predicted molar refractivity (Wildman–Crippen MR) is 128 cm³/mol. The average molecular weight is 451 g/mol. The van der Waals surface area contributed by atoms with Gasteiger partial charge in [0.15, 0.2) is 34.6 Å². The van der Waals surface area contributed by atoms with Crippen LogP contribution in [0.2, 0.25) is 0 Å². The van der Waals surface area contributed by atoms with Gasteiger partial charge in [-0.05, 0) is 59.9 Å². The SMILES string of the molecule is COc1ccc(/C=C/C(=O)C(CC2CC2)C(=O)/C=C/c2ccc(OC)c(OC)c2)cc1OC. The van der Waals surface area contributed by atoms with Crippen molar-refractivity contribution in [3.63, 3.8) is 0 Å². The van der Waals surface area contributed by atoms with Crippen molar-refractivity contribution in [1.29, 1.82) is 0 Å². The van der Waals surface area contributed by atoms with Gasteiger partial charge in [-0.2, -0.15) is 0 Å². The van der Waals surface area contributed by atoms with Gasteiger partial charge < -0.3 is 18.9 Å². The fraction of sp³-hybridized carbons (Fsp3) is 0.333. The van der Waals surface area contributed by atoms with E-state index < -0.39 is 5.92 Å². The minimum absolute atomic E-state index is 0.196. The molecule has 0 saturated heterocycles. The van der Waals surface area contributed by atoms with Crippen LogP contribution < -0.4 is 18.9 Å². The molecule has 2 aromatic carbocycles. The fourth-order valence-electron chi connectivity index (χ4n) is 3.56. The van der Waals surface area contributed by atoms with Gasteiger partial charge in [0.1, 0.15) is 0 Å². The average Bonchev–Trinajstić information content (AvgIpc) is 3.68. The molecule has 0 N–H and O–H groups in total. The standard InChI is InChI=1S/C27H30O6/c1-30-24-13-9-19(16-26(24)32-3)7-11-22(28)21(15-18-5-6-18)23(29)12-8-20-10-14-25(31-2)27(17-20)33-4/h7-14,16-18,21H,5-6,15H2,1-4H3/b11-7+,12-8+. The summed E-state index contributed by atoms with van der Waals surface area (Å²) in [5.41, 5.74) is 1.58. The lowest BCUT2D eigenvalue weighted by molar-refractivity contribution is -0.127. The van der Waals surface area contributed by atoms with Gasteiger partial charge >= 0.3 is 0 Å². The van der Waals surface area contributed by atoms with Crippen molar-refractivity contribution in [2.45, 2.75) is 19.3 Å². The van der Waals surface area contributed by atoms with Crippen molar-refractivity contribution in [3.8, 4) is 23.0 Å². The predicted octanol–water partition coefficient (Wildman–Crippen LogP) is 5.00. The Morgan fingerprint density at radius 1 is 0.758 bits per heavy atom. The molecule has 0 atom stereocenters. The molecule has 1 fully saturated rings. The molecular weight excluding hydrogens is 420 g/mol. The molecule has 2 aromatic rings. The maximum Gasteiger partial charge on any atom is 0.166 e. The second-order valence-electron chi connectivity index (χ2n) is 7.93. The van der Waals surface area contributed by atoms with Crippen molar-refractivity contribution in [3.05, 3.63) is 59.7 Å². The van der Waals surface area contributed by atoms with Crippen LogP contribution in [0.15, 0.2) is 48.6 Å². The van der Waals surface area contributed by atoms with Crippen LogP contribution in [0.4, 0.5) is 0 Å². The van der Waals surface area contributed by atoms with Crippen LogP contribution in [-0.4, -0.2) is 40.0 Å². The summed E-state index contributed by atoms with van der Waals surface area (Å²) < 4.78 is 21.1. The first-order chi connectivity index (χ1) is 16.0. The number of hydrogen-bond donors (Lipinski definition) is 0. The van der Waals surface area contributed by atoms with Crippen LogP contribution in [0.1, 0.15) is 30.4 Å². The van der Waals surface area contributed by atoms with E-state index in [1.54, 1.807) is 64.9 Å². The number of hydrogen-bond acceptors (Lipinski definition) is 6. The highest BCUT2D eigenvalue weighted by Crippen LogP contribution is 2.36. The maximum atomic E-state index is 13.0. The van der Waals surface area contributed by atoms with Gasteiger partial charge in [-0.1, -0.05) is 37.1 Å². The highest BCUT2D eigenvalue weighted by molar-refractivity contribution is 6.13. The molecule has 0 aliphatic heterocycles. The first-order valence-electron chi connectivity index (χ1n) is 10.9.